The number of aromatic nitrogens is 2. The number of ether oxygens (including phenoxy) is 1. The predicted octanol–water partition coefficient (Wildman–Crippen LogP) is 0.579. The van der Waals surface area contributed by atoms with Crippen molar-refractivity contribution in [2.45, 2.75) is 31.4 Å². The maximum Gasteiger partial charge on any atom is 0.0779 e. The van der Waals surface area contributed by atoms with Crippen molar-refractivity contribution in [3.63, 3.8) is 0 Å². The minimum atomic E-state index is -0.0321. The Balaban J connectivity index is 1.91. The summed E-state index contributed by atoms with van der Waals surface area (Å²) in [5, 5.41) is 7.65. The molecule has 1 aromatic heterocycles. The zero-order valence-corrected chi connectivity index (χ0v) is 10.6. The molecule has 0 aliphatic carbocycles. The monoisotopic (exact) mass is 238 g/mol. The van der Waals surface area contributed by atoms with Crippen LogP contribution in [0.15, 0.2) is 12.4 Å². The molecule has 0 aromatic carbocycles. The minimum Gasteiger partial charge on any atom is -0.374 e. The van der Waals surface area contributed by atoms with Crippen LogP contribution in [-0.2, 0) is 11.8 Å². The maximum atomic E-state index is 5.80. The topological polar surface area (TPSA) is 65.1 Å². The first kappa shape index (κ1) is 12.5. The first-order chi connectivity index (χ1) is 8.13. The highest BCUT2D eigenvalue weighted by Gasteiger charge is 2.30. The van der Waals surface area contributed by atoms with Gasteiger partial charge in [0.05, 0.1) is 11.8 Å². The molecule has 2 heterocycles. The van der Waals surface area contributed by atoms with Gasteiger partial charge in [-0.3, -0.25) is 4.68 Å². The van der Waals surface area contributed by atoms with E-state index in [0.717, 1.165) is 31.6 Å². The lowest BCUT2D eigenvalue weighted by Gasteiger charge is -2.26. The van der Waals surface area contributed by atoms with E-state index in [-0.39, 0.29) is 11.6 Å². The van der Waals surface area contributed by atoms with Crippen molar-refractivity contribution in [2.75, 3.05) is 19.7 Å². The molecule has 1 aromatic rings. The lowest BCUT2D eigenvalue weighted by Crippen LogP contribution is -2.40. The number of rotatable bonds is 5. The molecule has 1 saturated heterocycles. The van der Waals surface area contributed by atoms with Crippen LogP contribution in [-0.4, -0.2) is 35.1 Å². The van der Waals surface area contributed by atoms with E-state index < -0.39 is 0 Å². The molecule has 96 valence electrons. The van der Waals surface area contributed by atoms with Gasteiger partial charge in [0, 0.05) is 44.5 Å². The number of nitrogens with two attached hydrogens (primary N) is 1. The summed E-state index contributed by atoms with van der Waals surface area (Å²) in [6.45, 7) is 4.44. The molecule has 0 radical (unpaired) electrons. The molecule has 5 nitrogen and oxygen atoms in total. The first-order valence-corrected chi connectivity index (χ1v) is 6.19. The summed E-state index contributed by atoms with van der Waals surface area (Å²) in [5.41, 5.74) is 6.91. The van der Waals surface area contributed by atoms with Crippen LogP contribution < -0.4 is 11.1 Å². The Morgan fingerprint density at radius 1 is 1.71 bits per heavy atom. The third-order valence-electron chi connectivity index (χ3n) is 3.39. The summed E-state index contributed by atoms with van der Waals surface area (Å²) in [7, 11) is 1.92. The molecule has 2 atom stereocenters. The highest BCUT2D eigenvalue weighted by molar-refractivity contribution is 5.11. The number of nitrogens with one attached hydrogen (secondary N) is 1. The summed E-state index contributed by atoms with van der Waals surface area (Å²) in [4.78, 5) is 0. The van der Waals surface area contributed by atoms with E-state index >= 15 is 0 Å². The van der Waals surface area contributed by atoms with Gasteiger partial charge in [-0.1, -0.05) is 0 Å². The first-order valence-electron chi connectivity index (χ1n) is 6.19. The van der Waals surface area contributed by atoms with Gasteiger partial charge in [-0.15, -0.1) is 0 Å². The summed E-state index contributed by atoms with van der Waals surface area (Å²) in [6.07, 6.45) is 6.13. The van der Waals surface area contributed by atoms with Crippen LogP contribution in [0.2, 0.25) is 0 Å². The quantitative estimate of drug-likeness (QED) is 0.787. The molecule has 1 fully saturated rings. The summed E-state index contributed by atoms with van der Waals surface area (Å²) in [5.74, 6) is 0. The molecule has 1 aliphatic rings. The SMILES string of the molecule is Cn1cc(C(CN)NCC2(C)CCCO2)cn1. The van der Waals surface area contributed by atoms with Gasteiger partial charge in [0.15, 0.2) is 0 Å². The highest BCUT2D eigenvalue weighted by atomic mass is 16.5. The summed E-state index contributed by atoms with van der Waals surface area (Å²) >= 11 is 0. The van der Waals surface area contributed by atoms with Crippen LogP contribution in [0, 0.1) is 0 Å². The zero-order chi connectivity index (χ0) is 12.3. The molecule has 17 heavy (non-hydrogen) atoms. The van der Waals surface area contributed by atoms with Crippen molar-refractivity contribution >= 4 is 0 Å². The van der Waals surface area contributed by atoms with Crippen LogP contribution >= 0.6 is 0 Å². The molecule has 1 aliphatic heterocycles. The fraction of sp³-hybridized carbons (Fsp3) is 0.750. The van der Waals surface area contributed by atoms with Crippen LogP contribution in [0.3, 0.4) is 0 Å². The largest absolute Gasteiger partial charge is 0.374 e. The Kier molecular flexibility index (Phi) is 3.81. The van der Waals surface area contributed by atoms with Crippen LogP contribution in [0.25, 0.3) is 0 Å². The lowest BCUT2D eigenvalue weighted by atomic mass is 10.0. The molecule has 2 rings (SSSR count). The number of aryl methyl sites for hydroxylation is 1. The summed E-state index contributed by atoms with van der Waals surface area (Å²) < 4.78 is 7.55. The molecule has 2 unspecified atom stereocenters. The van der Waals surface area contributed by atoms with Crippen molar-refractivity contribution in [2.24, 2.45) is 12.8 Å². The van der Waals surface area contributed by atoms with Crippen molar-refractivity contribution in [1.29, 1.82) is 0 Å². The lowest BCUT2D eigenvalue weighted by molar-refractivity contribution is 0.0189. The second-order valence-corrected chi connectivity index (χ2v) is 5.02. The van der Waals surface area contributed by atoms with Gasteiger partial charge in [-0.25, -0.2) is 0 Å². The van der Waals surface area contributed by atoms with E-state index in [1.54, 1.807) is 4.68 Å². The Morgan fingerprint density at radius 2 is 2.53 bits per heavy atom. The molecule has 0 bridgehead atoms. The van der Waals surface area contributed by atoms with Gasteiger partial charge in [-0.2, -0.15) is 5.10 Å². The number of hydrogen-bond acceptors (Lipinski definition) is 4. The fourth-order valence-corrected chi connectivity index (χ4v) is 2.27. The average molecular weight is 238 g/mol. The van der Waals surface area contributed by atoms with E-state index in [1.165, 1.54) is 0 Å². The smallest absolute Gasteiger partial charge is 0.0779 e. The van der Waals surface area contributed by atoms with Gasteiger partial charge < -0.3 is 15.8 Å². The zero-order valence-electron chi connectivity index (χ0n) is 10.6. The van der Waals surface area contributed by atoms with Crippen LogP contribution in [0.1, 0.15) is 31.4 Å². The molecular formula is C12H22N4O. The van der Waals surface area contributed by atoms with E-state index in [1.807, 2.05) is 19.4 Å². The Bertz CT molecular complexity index is 357. The summed E-state index contributed by atoms with van der Waals surface area (Å²) in [6, 6.07) is 0.157. The van der Waals surface area contributed by atoms with Crippen molar-refractivity contribution in [1.82, 2.24) is 15.1 Å². The van der Waals surface area contributed by atoms with E-state index in [2.05, 4.69) is 17.3 Å². The molecule has 0 saturated carbocycles. The second-order valence-electron chi connectivity index (χ2n) is 5.02. The van der Waals surface area contributed by atoms with Gasteiger partial charge >= 0.3 is 0 Å². The van der Waals surface area contributed by atoms with E-state index in [0.29, 0.717) is 6.54 Å². The average Bonchev–Trinajstić information content (AvgIpc) is 2.90. The molecular weight excluding hydrogens is 216 g/mol. The van der Waals surface area contributed by atoms with Crippen molar-refractivity contribution in [3.8, 4) is 0 Å². The van der Waals surface area contributed by atoms with Crippen molar-refractivity contribution < 1.29 is 4.74 Å². The fourth-order valence-electron chi connectivity index (χ4n) is 2.27. The third-order valence-corrected chi connectivity index (χ3v) is 3.39. The molecule has 0 amide bonds. The number of nitrogens with zero attached hydrogens (tertiary/aromatic N) is 2. The van der Waals surface area contributed by atoms with E-state index in [4.69, 9.17) is 10.5 Å². The van der Waals surface area contributed by atoms with Gasteiger partial charge in [0.1, 0.15) is 0 Å². The predicted molar refractivity (Wildman–Crippen MR) is 66.6 cm³/mol. The Morgan fingerprint density at radius 3 is 3.06 bits per heavy atom. The van der Waals surface area contributed by atoms with Crippen molar-refractivity contribution in [3.05, 3.63) is 18.0 Å². The van der Waals surface area contributed by atoms with Gasteiger partial charge in [0.25, 0.3) is 0 Å². The van der Waals surface area contributed by atoms with Gasteiger partial charge in [-0.05, 0) is 19.8 Å². The maximum absolute atomic E-state index is 5.80. The minimum absolute atomic E-state index is 0.0321. The van der Waals surface area contributed by atoms with Gasteiger partial charge in [0.2, 0.25) is 0 Å². The van der Waals surface area contributed by atoms with Crippen LogP contribution in [0.4, 0.5) is 0 Å². The third kappa shape index (κ3) is 3.06. The molecule has 0 spiro atoms. The Labute approximate surface area is 102 Å². The standard InChI is InChI=1S/C12H22N4O/c1-12(4-3-5-17-12)9-14-11(6-13)10-7-15-16(2)8-10/h7-8,11,14H,3-6,9,13H2,1-2H3. The molecule has 3 N–H and O–H groups in total. The highest BCUT2D eigenvalue weighted by Crippen LogP contribution is 2.25. The normalized spacial score (nSPS) is 26.3. The number of hydrogen-bond donors (Lipinski definition) is 2. The van der Waals surface area contributed by atoms with E-state index in [9.17, 15) is 0 Å². The van der Waals surface area contributed by atoms with Crippen LogP contribution in [0.5, 0.6) is 0 Å². The molecule has 5 heteroatoms. The Hall–Kier alpha value is -0.910. The second kappa shape index (κ2) is 5.16.